The highest BCUT2D eigenvalue weighted by Gasteiger charge is 2.66. The van der Waals surface area contributed by atoms with Crippen molar-refractivity contribution in [3.63, 3.8) is 0 Å². The molecule has 25 heavy (non-hydrogen) atoms. The van der Waals surface area contributed by atoms with Gasteiger partial charge in [-0.25, -0.2) is 0 Å². The van der Waals surface area contributed by atoms with Gasteiger partial charge in [0.25, 0.3) is 0 Å². The lowest BCUT2D eigenvalue weighted by atomic mass is 9.46. The summed E-state index contributed by atoms with van der Waals surface area (Å²) in [6.07, 6.45) is 12.3. The summed E-state index contributed by atoms with van der Waals surface area (Å²) in [5.41, 5.74) is 1.68. The molecule has 0 aromatic rings. The highest BCUT2D eigenvalue weighted by molar-refractivity contribution is 5.91. The summed E-state index contributed by atoms with van der Waals surface area (Å²) in [5.74, 6) is 2.51. The van der Waals surface area contributed by atoms with Gasteiger partial charge in [-0.05, 0) is 80.6 Å². The van der Waals surface area contributed by atoms with Crippen LogP contribution in [0.5, 0.6) is 0 Å². The normalized spacial score (nSPS) is 51.6. The van der Waals surface area contributed by atoms with Crippen LogP contribution in [-0.4, -0.2) is 17.4 Å². The predicted molar refractivity (Wildman–Crippen MR) is 94.8 cm³/mol. The first-order valence-electron chi connectivity index (χ1n) is 10.3. The largest absolute Gasteiger partial charge is 0.458 e. The molecule has 3 heteroatoms. The summed E-state index contributed by atoms with van der Waals surface area (Å²) in [6.45, 7) is 4.86. The number of allylic oxidation sites excluding steroid dienone is 1. The van der Waals surface area contributed by atoms with E-state index in [-0.39, 0.29) is 22.4 Å². The molecule has 0 aromatic heterocycles. The fourth-order valence-electron chi connectivity index (χ4n) is 7.85. The molecule has 1 heterocycles. The first-order valence-corrected chi connectivity index (χ1v) is 10.3. The van der Waals surface area contributed by atoms with Gasteiger partial charge in [-0.15, -0.1) is 0 Å². The van der Waals surface area contributed by atoms with E-state index < -0.39 is 0 Å². The summed E-state index contributed by atoms with van der Waals surface area (Å²) >= 11 is 0. The number of rotatable bonds is 0. The number of hydrogen-bond acceptors (Lipinski definition) is 3. The molecule has 4 fully saturated rings. The molecule has 0 amide bonds. The van der Waals surface area contributed by atoms with Gasteiger partial charge < -0.3 is 4.74 Å². The summed E-state index contributed by atoms with van der Waals surface area (Å²) in [5, 5.41) is 0. The highest BCUT2D eigenvalue weighted by atomic mass is 16.6. The molecule has 1 spiro atoms. The Kier molecular flexibility index (Phi) is 3.21. The average Bonchev–Trinajstić information content (AvgIpc) is 3.10. The van der Waals surface area contributed by atoms with E-state index >= 15 is 0 Å². The van der Waals surface area contributed by atoms with Crippen molar-refractivity contribution in [2.45, 2.75) is 83.7 Å². The second-order valence-electron chi connectivity index (χ2n) is 9.93. The van der Waals surface area contributed by atoms with Crippen LogP contribution in [0.3, 0.4) is 0 Å². The van der Waals surface area contributed by atoms with Crippen molar-refractivity contribution in [2.75, 3.05) is 0 Å². The van der Waals surface area contributed by atoms with Crippen LogP contribution in [-0.2, 0) is 14.3 Å². The van der Waals surface area contributed by atoms with E-state index in [1.807, 2.05) is 6.08 Å². The molecule has 1 aliphatic heterocycles. The predicted octanol–water partition coefficient (Wildman–Crippen LogP) is 4.59. The molecule has 0 radical (unpaired) electrons. The van der Waals surface area contributed by atoms with Gasteiger partial charge in [-0.2, -0.15) is 0 Å². The molecule has 0 aromatic carbocycles. The zero-order valence-electron chi connectivity index (χ0n) is 15.6. The Morgan fingerprint density at radius 2 is 1.72 bits per heavy atom. The van der Waals surface area contributed by atoms with E-state index in [9.17, 15) is 9.59 Å². The van der Waals surface area contributed by atoms with E-state index in [1.54, 1.807) is 0 Å². The Morgan fingerprint density at radius 3 is 2.48 bits per heavy atom. The molecule has 6 atom stereocenters. The van der Waals surface area contributed by atoms with Crippen molar-refractivity contribution in [3.05, 3.63) is 11.6 Å². The standard InChI is InChI=1S/C22H30O3/c1-20-9-5-15(23)13-14(20)3-4-16-17(20)6-10-21(2)18(16)7-11-22(21)12-8-19(24)25-22/h13,16-18H,3-12H2,1-2H3/t16-,17+,18-,20+,21+,22-/m1/s1. The SMILES string of the molecule is C[C@]12CCC(=O)C=C1CC[C@H]1[C@H]3CC[C@@]4(CCC(=O)O4)[C@@]3(C)CC[C@@H]12. The third kappa shape index (κ3) is 1.93. The molecule has 0 bridgehead atoms. The Labute approximate surface area is 150 Å². The third-order valence-electron chi connectivity index (χ3n) is 9.29. The molecule has 3 nitrogen and oxygen atoms in total. The molecule has 3 saturated carbocycles. The van der Waals surface area contributed by atoms with Gasteiger partial charge in [-0.1, -0.05) is 19.4 Å². The van der Waals surface area contributed by atoms with Crippen molar-refractivity contribution in [3.8, 4) is 0 Å². The van der Waals surface area contributed by atoms with Crippen LogP contribution in [0, 0.1) is 28.6 Å². The third-order valence-corrected chi connectivity index (χ3v) is 9.29. The van der Waals surface area contributed by atoms with Gasteiger partial charge in [0, 0.05) is 18.3 Å². The number of ketones is 1. The van der Waals surface area contributed by atoms with Crippen LogP contribution in [0.2, 0.25) is 0 Å². The van der Waals surface area contributed by atoms with Gasteiger partial charge in [-0.3, -0.25) is 9.59 Å². The topological polar surface area (TPSA) is 43.4 Å². The van der Waals surface area contributed by atoms with E-state index in [1.165, 1.54) is 31.3 Å². The first kappa shape index (κ1) is 16.1. The van der Waals surface area contributed by atoms with Crippen LogP contribution in [0.1, 0.15) is 78.1 Å². The van der Waals surface area contributed by atoms with E-state index in [2.05, 4.69) is 13.8 Å². The quantitative estimate of drug-likeness (QED) is 0.605. The molecule has 136 valence electrons. The number of carbonyl (C=O) groups excluding carboxylic acids is 2. The maximum atomic E-state index is 11.9. The molecule has 5 rings (SSSR count). The molecule has 4 aliphatic carbocycles. The minimum atomic E-state index is -0.167. The Hall–Kier alpha value is -1.12. The Bertz CT molecular complexity index is 679. The van der Waals surface area contributed by atoms with Crippen molar-refractivity contribution < 1.29 is 14.3 Å². The lowest BCUT2D eigenvalue weighted by Gasteiger charge is -2.59. The highest BCUT2D eigenvalue weighted by Crippen LogP contribution is 2.69. The van der Waals surface area contributed by atoms with Crippen LogP contribution in [0.15, 0.2) is 11.6 Å². The van der Waals surface area contributed by atoms with Crippen LogP contribution in [0.25, 0.3) is 0 Å². The van der Waals surface area contributed by atoms with Gasteiger partial charge >= 0.3 is 5.97 Å². The number of ether oxygens (including phenoxy) is 1. The lowest BCUT2D eigenvalue weighted by molar-refractivity contribution is -0.168. The average molecular weight is 342 g/mol. The molecular weight excluding hydrogens is 312 g/mol. The first-order chi connectivity index (χ1) is 11.9. The minimum absolute atomic E-state index is 0.0237. The summed E-state index contributed by atoms with van der Waals surface area (Å²) in [7, 11) is 0. The van der Waals surface area contributed by atoms with Crippen molar-refractivity contribution in [2.24, 2.45) is 28.6 Å². The summed E-state index contributed by atoms with van der Waals surface area (Å²) in [6, 6.07) is 0. The van der Waals surface area contributed by atoms with Gasteiger partial charge in [0.15, 0.2) is 5.78 Å². The van der Waals surface area contributed by atoms with Gasteiger partial charge in [0.05, 0.1) is 0 Å². The van der Waals surface area contributed by atoms with Crippen molar-refractivity contribution >= 4 is 11.8 Å². The van der Waals surface area contributed by atoms with Crippen LogP contribution < -0.4 is 0 Å². The molecule has 5 aliphatic rings. The Morgan fingerprint density at radius 1 is 0.920 bits per heavy atom. The van der Waals surface area contributed by atoms with Gasteiger partial charge in [0.1, 0.15) is 5.60 Å². The fraction of sp³-hybridized carbons (Fsp3) is 0.818. The zero-order valence-corrected chi connectivity index (χ0v) is 15.6. The molecule has 0 unspecified atom stereocenters. The minimum Gasteiger partial charge on any atom is -0.458 e. The monoisotopic (exact) mass is 342 g/mol. The maximum Gasteiger partial charge on any atom is 0.306 e. The fourth-order valence-corrected chi connectivity index (χ4v) is 7.85. The molecular formula is C22H30O3. The van der Waals surface area contributed by atoms with E-state index in [0.29, 0.717) is 24.0 Å². The number of carbonyl (C=O) groups is 2. The molecule has 0 N–H and O–H groups in total. The van der Waals surface area contributed by atoms with Crippen molar-refractivity contribution in [1.82, 2.24) is 0 Å². The van der Waals surface area contributed by atoms with Crippen molar-refractivity contribution in [1.29, 1.82) is 0 Å². The van der Waals surface area contributed by atoms with Gasteiger partial charge in [0.2, 0.25) is 0 Å². The number of fused-ring (bicyclic) bond motifs is 6. The van der Waals surface area contributed by atoms with Crippen LogP contribution in [0.4, 0.5) is 0 Å². The molecule has 1 saturated heterocycles. The lowest BCUT2D eigenvalue weighted by Crippen LogP contribution is -2.54. The number of esters is 1. The van der Waals surface area contributed by atoms with Crippen LogP contribution >= 0.6 is 0 Å². The maximum absolute atomic E-state index is 11.9. The second kappa shape index (κ2) is 4.98. The second-order valence-corrected chi connectivity index (χ2v) is 9.93. The zero-order chi connectivity index (χ0) is 17.4. The summed E-state index contributed by atoms with van der Waals surface area (Å²) in [4.78, 5) is 23.8. The summed E-state index contributed by atoms with van der Waals surface area (Å²) < 4.78 is 6.01. The van der Waals surface area contributed by atoms with E-state index in [0.717, 1.165) is 38.0 Å². The smallest absolute Gasteiger partial charge is 0.306 e. The Balaban J connectivity index is 1.49. The van der Waals surface area contributed by atoms with E-state index in [4.69, 9.17) is 4.74 Å². The number of hydrogen-bond donors (Lipinski definition) is 0.